The number of nitrogens with zero attached hydrogens (tertiary/aromatic N) is 3. The number of thiophene rings is 1. The normalized spacial score (nSPS) is 10.8. The Hall–Kier alpha value is -2.65. The molecule has 0 aliphatic carbocycles. The number of imide groups is 1. The van der Waals surface area contributed by atoms with E-state index >= 15 is 0 Å². The third-order valence-corrected chi connectivity index (χ3v) is 5.44. The van der Waals surface area contributed by atoms with Crippen LogP contribution in [0.15, 0.2) is 53.0 Å². The molecule has 2 aromatic heterocycles. The number of nitrogens with one attached hydrogen (secondary N) is 2. The van der Waals surface area contributed by atoms with Gasteiger partial charge in [0.25, 0.3) is 0 Å². The molecule has 0 unspecified atom stereocenters. The van der Waals surface area contributed by atoms with E-state index in [0.717, 1.165) is 16.4 Å². The van der Waals surface area contributed by atoms with Crippen LogP contribution in [0.1, 0.15) is 13.8 Å². The second-order valence-corrected chi connectivity index (χ2v) is 8.29. The highest BCUT2D eigenvalue weighted by Crippen LogP contribution is 2.30. The molecule has 0 saturated heterocycles. The van der Waals surface area contributed by atoms with E-state index in [9.17, 15) is 9.59 Å². The van der Waals surface area contributed by atoms with Gasteiger partial charge in [0, 0.05) is 12.2 Å². The molecule has 0 spiro atoms. The van der Waals surface area contributed by atoms with E-state index in [4.69, 9.17) is 0 Å². The van der Waals surface area contributed by atoms with E-state index < -0.39 is 6.03 Å². The molecule has 146 valence electrons. The molecule has 7 nitrogen and oxygen atoms in total. The second kappa shape index (κ2) is 9.52. The number of rotatable bonds is 7. The van der Waals surface area contributed by atoms with Crippen LogP contribution < -0.4 is 10.6 Å². The van der Waals surface area contributed by atoms with E-state index in [0.29, 0.717) is 17.6 Å². The van der Waals surface area contributed by atoms with Crippen LogP contribution in [-0.4, -0.2) is 39.0 Å². The number of hydrogen-bond acceptors (Lipinski definition) is 6. The fraction of sp³-hybridized carbons (Fsp3) is 0.263. The average molecular weight is 416 g/mol. The molecule has 3 aromatic rings. The molecule has 0 saturated carbocycles. The Morgan fingerprint density at radius 1 is 1.14 bits per heavy atom. The molecule has 3 rings (SSSR count). The first kappa shape index (κ1) is 20.1. The maximum absolute atomic E-state index is 12.1. The number of amides is 3. The molecular weight excluding hydrogens is 394 g/mol. The summed E-state index contributed by atoms with van der Waals surface area (Å²) in [6.07, 6.45) is 0. The van der Waals surface area contributed by atoms with Crippen LogP contribution in [0.25, 0.3) is 16.4 Å². The van der Waals surface area contributed by atoms with E-state index in [1.807, 2.05) is 66.3 Å². The van der Waals surface area contributed by atoms with Gasteiger partial charge in [-0.05, 0) is 29.5 Å². The van der Waals surface area contributed by atoms with E-state index in [1.54, 1.807) is 11.3 Å². The van der Waals surface area contributed by atoms with E-state index in [2.05, 4.69) is 20.8 Å². The molecule has 9 heteroatoms. The first-order valence-electron chi connectivity index (χ1n) is 8.79. The molecule has 3 amide bonds. The monoisotopic (exact) mass is 415 g/mol. The Kier molecular flexibility index (Phi) is 6.83. The highest BCUT2D eigenvalue weighted by molar-refractivity contribution is 7.99. The predicted octanol–water partition coefficient (Wildman–Crippen LogP) is 3.57. The molecule has 0 fully saturated rings. The predicted molar refractivity (Wildman–Crippen MR) is 112 cm³/mol. The maximum atomic E-state index is 12.1. The van der Waals surface area contributed by atoms with E-state index in [1.165, 1.54) is 11.8 Å². The van der Waals surface area contributed by atoms with Crippen molar-refractivity contribution >= 4 is 35.0 Å². The molecule has 1 aromatic carbocycles. The van der Waals surface area contributed by atoms with Crippen molar-refractivity contribution in [1.29, 1.82) is 0 Å². The van der Waals surface area contributed by atoms with Crippen LogP contribution in [0.4, 0.5) is 4.79 Å². The minimum Gasteiger partial charge on any atom is -0.338 e. The summed E-state index contributed by atoms with van der Waals surface area (Å²) >= 11 is 2.81. The van der Waals surface area contributed by atoms with Gasteiger partial charge in [-0.15, -0.1) is 21.5 Å². The summed E-state index contributed by atoms with van der Waals surface area (Å²) < 4.78 is 1.92. The molecule has 0 atom stereocenters. The molecule has 2 N–H and O–H groups in total. The number of urea groups is 1. The largest absolute Gasteiger partial charge is 0.338 e. The van der Waals surface area contributed by atoms with Crippen molar-refractivity contribution in [3.8, 4) is 16.4 Å². The minimum atomic E-state index is -0.483. The zero-order chi connectivity index (χ0) is 19.9. The smallest absolute Gasteiger partial charge is 0.321 e. The number of benzene rings is 1. The van der Waals surface area contributed by atoms with E-state index in [-0.39, 0.29) is 11.7 Å². The lowest BCUT2D eigenvalue weighted by Crippen LogP contribution is -2.41. The lowest BCUT2D eigenvalue weighted by molar-refractivity contribution is -0.117. The summed E-state index contributed by atoms with van der Waals surface area (Å²) in [5.74, 6) is 0.713. The minimum absolute atomic E-state index is 0.0600. The Labute approximate surface area is 171 Å². The van der Waals surface area contributed by atoms with Crippen molar-refractivity contribution < 1.29 is 9.59 Å². The summed E-state index contributed by atoms with van der Waals surface area (Å²) in [6, 6.07) is 13.2. The van der Waals surface area contributed by atoms with Gasteiger partial charge in [-0.3, -0.25) is 14.7 Å². The van der Waals surface area contributed by atoms with Gasteiger partial charge in [0.1, 0.15) is 0 Å². The van der Waals surface area contributed by atoms with Crippen molar-refractivity contribution in [3.63, 3.8) is 0 Å². The van der Waals surface area contributed by atoms with Gasteiger partial charge in [0.05, 0.1) is 10.6 Å². The molecule has 2 heterocycles. The van der Waals surface area contributed by atoms with Crippen molar-refractivity contribution in [2.45, 2.75) is 19.0 Å². The Balaban J connectivity index is 1.72. The quantitative estimate of drug-likeness (QED) is 0.576. The van der Waals surface area contributed by atoms with Crippen molar-refractivity contribution in [2.75, 3.05) is 12.3 Å². The molecule has 0 aliphatic rings. The van der Waals surface area contributed by atoms with Crippen LogP contribution in [-0.2, 0) is 4.79 Å². The Morgan fingerprint density at radius 2 is 1.93 bits per heavy atom. The van der Waals surface area contributed by atoms with Crippen LogP contribution in [0.2, 0.25) is 0 Å². The molecule has 0 radical (unpaired) electrons. The summed E-state index contributed by atoms with van der Waals surface area (Å²) in [5.41, 5.74) is 0.911. The molecule has 0 aliphatic heterocycles. The molecule has 28 heavy (non-hydrogen) atoms. The molecular formula is C19H21N5O2S2. The third kappa shape index (κ3) is 5.20. The highest BCUT2D eigenvalue weighted by atomic mass is 32.2. The van der Waals surface area contributed by atoms with Gasteiger partial charge in [-0.25, -0.2) is 4.79 Å². The lowest BCUT2D eigenvalue weighted by atomic mass is 10.2. The zero-order valence-electron chi connectivity index (χ0n) is 15.6. The van der Waals surface area contributed by atoms with Crippen LogP contribution in [0, 0.1) is 5.92 Å². The van der Waals surface area contributed by atoms with Crippen LogP contribution >= 0.6 is 23.1 Å². The average Bonchev–Trinajstić information content (AvgIpc) is 3.34. The fourth-order valence-electron chi connectivity index (χ4n) is 2.37. The zero-order valence-corrected chi connectivity index (χ0v) is 17.2. The fourth-order valence-corrected chi connectivity index (χ4v) is 3.82. The standard InChI is InChI=1S/C19H21N5O2S2/c1-13(2)11-20-18(26)21-16(25)12-28-19-23-22-17(15-9-6-10-27-15)24(19)14-7-4-3-5-8-14/h3-10,13H,11-12H2,1-2H3,(H2,20,21,25,26). The lowest BCUT2D eigenvalue weighted by Gasteiger charge is -2.10. The molecule has 0 bridgehead atoms. The number of thioether (sulfide) groups is 1. The van der Waals surface area contributed by atoms with Gasteiger partial charge in [-0.2, -0.15) is 0 Å². The van der Waals surface area contributed by atoms with Gasteiger partial charge in [0.15, 0.2) is 11.0 Å². The highest BCUT2D eigenvalue weighted by Gasteiger charge is 2.18. The van der Waals surface area contributed by atoms with Gasteiger partial charge < -0.3 is 5.32 Å². The van der Waals surface area contributed by atoms with Crippen molar-refractivity contribution in [1.82, 2.24) is 25.4 Å². The summed E-state index contributed by atoms with van der Waals surface area (Å²) in [7, 11) is 0. The number of para-hydroxylation sites is 1. The first-order valence-corrected chi connectivity index (χ1v) is 10.7. The van der Waals surface area contributed by atoms with Crippen molar-refractivity contribution in [3.05, 3.63) is 47.8 Å². The number of aromatic nitrogens is 3. The topological polar surface area (TPSA) is 88.9 Å². The Morgan fingerprint density at radius 3 is 2.61 bits per heavy atom. The SMILES string of the molecule is CC(C)CNC(=O)NC(=O)CSc1nnc(-c2cccs2)n1-c1ccccc1. The number of hydrogen-bond donors (Lipinski definition) is 2. The van der Waals surface area contributed by atoms with Crippen LogP contribution in [0.5, 0.6) is 0 Å². The number of carbonyl (C=O) groups is 2. The number of carbonyl (C=O) groups excluding carboxylic acids is 2. The van der Waals surface area contributed by atoms with Gasteiger partial charge in [-0.1, -0.05) is 49.9 Å². The maximum Gasteiger partial charge on any atom is 0.321 e. The Bertz CT molecular complexity index is 923. The van der Waals surface area contributed by atoms with Crippen LogP contribution in [0.3, 0.4) is 0 Å². The van der Waals surface area contributed by atoms with Gasteiger partial charge >= 0.3 is 6.03 Å². The second-order valence-electron chi connectivity index (χ2n) is 6.40. The summed E-state index contributed by atoms with van der Waals surface area (Å²) in [4.78, 5) is 24.8. The van der Waals surface area contributed by atoms with Gasteiger partial charge in [0.2, 0.25) is 5.91 Å². The first-order chi connectivity index (χ1) is 13.5. The summed E-state index contributed by atoms with van der Waals surface area (Å²) in [6.45, 7) is 4.48. The summed E-state index contributed by atoms with van der Waals surface area (Å²) in [5, 5.41) is 16.1. The van der Waals surface area contributed by atoms with Crippen molar-refractivity contribution in [2.24, 2.45) is 5.92 Å². The third-order valence-electron chi connectivity index (χ3n) is 3.65.